The predicted octanol–water partition coefficient (Wildman–Crippen LogP) is 3.21. The predicted molar refractivity (Wildman–Crippen MR) is 91.1 cm³/mol. The number of hydrogen-bond acceptors (Lipinski definition) is 2. The van der Waals surface area contributed by atoms with E-state index in [9.17, 15) is 9.59 Å². The van der Waals surface area contributed by atoms with Crippen LogP contribution in [-0.2, 0) is 15.0 Å². The molecule has 4 nitrogen and oxygen atoms in total. The first-order chi connectivity index (χ1) is 10.2. The Morgan fingerprint density at radius 1 is 1.00 bits per heavy atom. The van der Waals surface area contributed by atoms with Gasteiger partial charge in [-0.15, -0.1) is 0 Å². The lowest BCUT2D eigenvalue weighted by Crippen LogP contribution is -2.42. The lowest BCUT2D eigenvalue weighted by molar-refractivity contribution is -0.130. The highest BCUT2D eigenvalue weighted by molar-refractivity contribution is 5.97. The quantitative estimate of drug-likeness (QED) is 0.838. The van der Waals surface area contributed by atoms with Crippen LogP contribution in [0.15, 0.2) is 24.3 Å². The molecule has 22 heavy (non-hydrogen) atoms. The topological polar surface area (TPSA) is 40.6 Å². The second kappa shape index (κ2) is 7.43. The molecule has 0 saturated heterocycles. The largest absolute Gasteiger partial charge is 0.342 e. The van der Waals surface area contributed by atoms with Gasteiger partial charge in [0.2, 0.25) is 11.8 Å². The zero-order valence-electron chi connectivity index (χ0n) is 14.6. The SMILES string of the molecule is CCN(CC)C(=O)CN(C(C)=O)c1ccc(C(C)(C)C)cc1. The molecule has 0 atom stereocenters. The Bertz CT molecular complexity index is 511. The lowest BCUT2D eigenvalue weighted by Gasteiger charge is -2.26. The molecule has 0 heterocycles. The molecule has 0 aliphatic carbocycles. The van der Waals surface area contributed by atoms with Gasteiger partial charge in [-0.1, -0.05) is 32.9 Å². The summed E-state index contributed by atoms with van der Waals surface area (Å²) in [7, 11) is 0. The van der Waals surface area contributed by atoms with Crippen molar-refractivity contribution in [1.29, 1.82) is 0 Å². The van der Waals surface area contributed by atoms with Crippen molar-refractivity contribution in [2.24, 2.45) is 0 Å². The summed E-state index contributed by atoms with van der Waals surface area (Å²) >= 11 is 0. The first-order valence-corrected chi connectivity index (χ1v) is 7.87. The Morgan fingerprint density at radius 3 is 1.86 bits per heavy atom. The molecule has 0 spiro atoms. The minimum Gasteiger partial charge on any atom is -0.342 e. The van der Waals surface area contributed by atoms with Crippen LogP contribution in [-0.4, -0.2) is 36.3 Å². The summed E-state index contributed by atoms with van der Waals surface area (Å²) < 4.78 is 0. The summed E-state index contributed by atoms with van der Waals surface area (Å²) in [5.74, 6) is -0.149. The molecule has 1 rings (SSSR count). The molecule has 0 N–H and O–H groups in total. The summed E-state index contributed by atoms with van der Waals surface area (Å²) in [6.45, 7) is 13.2. The molecule has 1 aromatic rings. The minimum atomic E-state index is -0.121. The molecule has 0 aliphatic heterocycles. The van der Waals surface area contributed by atoms with E-state index in [-0.39, 0.29) is 23.8 Å². The summed E-state index contributed by atoms with van der Waals surface area (Å²) in [5.41, 5.74) is 2.03. The second-order valence-electron chi connectivity index (χ2n) is 6.47. The van der Waals surface area contributed by atoms with Crippen molar-refractivity contribution >= 4 is 17.5 Å². The molecule has 0 saturated carbocycles. The first-order valence-electron chi connectivity index (χ1n) is 7.87. The van der Waals surface area contributed by atoms with E-state index in [1.54, 1.807) is 4.90 Å². The van der Waals surface area contributed by atoms with Gasteiger partial charge in [-0.2, -0.15) is 0 Å². The van der Waals surface area contributed by atoms with Crippen molar-refractivity contribution in [3.8, 4) is 0 Å². The van der Waals surface area contributed by atoms with Gasteiger partial charge in [0.1, 0.15) is 6.54 Å². The number of amides is 2. The van der Waals surface area contributed by atoms with E-state index in [1.165, 1.54) is 17.4 Å². The summed E-state index contributed by atoms with van der Waals surface area (Å²) in [6.07, 6.45) is 0. The van der Waals surface area contributed by atoms with Crippen LogP contribution in [0.2, 0.25) is 0 Å². The van der Waals surface area contributed by atoms with Crippen LogP contribution in [0.5, 0.6) is 0 Å². The molecule has 0 fully saturated rings. The average Bonchev–Trinajstić information content (AvgIpc) is 2.45. The van der Waals surface area contributed by atoms with E-state index in [4.69, 9.17) is 0 Å². The molecule has 122 valence electrons. The zero-order valence-corrected chi connectivity index (χ0v) is 14.6. The van der Waals surface area contributed by atoms with Gasteiger partial charge in [-0.3, -0.25) is 9.59 Å². The molecule has 0 aliphatic rings. The van der Waals surface area contributed by atoms with E-state index in [0.29, 0.717) is 13.1 Å². The Kier molecular flexibility index (Phi) is 6.15. The fourth-order valence-corrected chi connectivity index (χ4v) is 2.34. The van der Waals surface area contributed by atoms with E-state index >= 15 is 0 Å². The smallest absolute Gasteiger partial charge is 0.242 e. The normalized spacial score (nSPS) is 11.2. The molecule has 0 radical (unpaired) electrons. The number of rotatable bonds is 5. The van der Waals surface area contributed by atoms with Gasteiger partial charge >= 0.3 is 0 Å². The highest BCUT2D eigenvalue weighted by Crippen LogP contribution is 2.25. The van der Waals surface area contributed by atoms with E-state index < -0.39 is 0 Å². The summed E-state index contributed by atoms with van der Waals surface area (Å²) in [6, 6.07) is 7.87. The van der Waals surface area contributed by atoms with Gasteiger partial charge in [-0.25, -0.2) is 0 Å². The van der Waals surface area contributed by atoms with Crippen LogP contribution in [0.3, 0.4) is 0 Å². The number of nitrogens with zero attached hydrogens (tertiary/aromatic N) is 2. The van der Waals surface area contributed by atoms with Gasteiger partial charge in [-0.05, 0) is 37.0 Å². The Hall–Kier alpha value is -1.84. The number of likely N-dealkylation sites (N-methyl/N-ethyl adjacent to an activating group) is 1. The highest BCUT2D eigenvalue weighted by Gasteiger charge is 2.20. The van der Waals surface area contributed by atoms with Crippen LogP contribution < -0.4 is 4.90 Å². The molecule has 0 bridgehead atoms. The van der Waals surface area contributed by atoms with Crippen LogP contribution in [0.1, 0.15) is 47.1 Å². The second-order valence-corrected chi connectivity index (χ2v) is 6.47. The summed E-state index contributed by atoms with van der Waals surface area (Å²) in [4.78, 5) is 27.4. The van der Waals surface area contributed by atoms with Gasteiger partial charge in [0.05, 0.1) is 0 Å². The number of anilines is 1. The van der Waals surface area contributed by atoms with Gasteiger partial charge < -0.3 is 9.80 Å². The van der Waals surface area contributed by atoms with Gasteiger partial charge in [0, 0.05) is 25.7 Å². The Balaban J connectivity index is 2.97. The number of carbonyl (C=O) groups excluding carboxylic acids is 2. The van der Waals surface area contributed by atoms with E-state index in [1.807, 2.05) is 38.1 Å². The van der Waals surface area contributed by atoms with E-state index in [0.717, 1.165) is 5.69 Å². The standard InChI is InChI=1S/C18H28N2O2/c1-7-19(8-2)17(22)13-20(14(3)21)16-11-9-15(10-12-16)18(4,5)6/h9-12H,7-8,13H2,1-6H3. The molecule has 0 unspecified atom stereocenters. The van der Waals surface area contributed by atoms with Crippen LogP contribution >= 0.6 is 0 Å². The van der Waals surface area contributed by atoms with Crippen molar-refractivity contribution in [1.82, 2.24) is 4.90 Å². The third kappa shape index (κ3) is 4.58. The molecule has 2 amide bonds. The Labute approximate surface area is 134 Å². The van der Waals surface area contributed by atoms with Crippen molar-refractivity contribution in [3.63, 3.8) is 0 Å². The molecular formula is C18H28N2O2. The molecule has 4 heteroatoms. The summed E-state index contributed by atoms with van der Waals surface area (Å²) in [5, 5.41) is 0. The maximum atomic E-state index is 12.3. The van der Waals surface area contributed by atoms with Crippen molar-refractivity contribution in [2.75, 3.05) is 24.5 Å². The maximum Gasteiger partial charge on any atom is 0.242 e. The maximum absolute atomic E-state index is 12.3. The number of carbonyl (C=O) groups is 2. The van der Waals surface area contributed by atoms with Crippen molar-refractivity contribution in [2.45, 2.75) is 47.0 Å². The van der Waals surface area contributed by atoms with Gasteiger partial charge in [0.25, 0.3) is 0 Å². The fourth-order valence-electron chi connectivity index (χ4n) is 2.34. The minimum absolute atomic E-state index is 0.0277. The van der Waals surface area contributed by atoms with E-state index in [2.05, 4.69) is 20.8 Å². The zero-order chi connectivity index (χ0) is 16.9. The molecular weight excluding hydrogens is 276 g/mol. The third-order valence-corrected chi connectivity index (χ3v) is 3.83. The third-order valence-electron chi connectivity index (χ3n) is 3.83. The number of benzene rings is 1. The highest BCUT2D eigenvalue weighted by atomic mass is 16.2. The number of hydrogen-bond donors (Lipinski definition) is 0. The fraction of sp³-hybridized carbons (Fsp3) is 0.556. The average molecular weight is 304 g/mol. The van der Waals surface area contributed by atoms with Gasteiger partial charge in [0.15, 0.2) is 0 Å². The lowest BCUT2D eigenvalue weighted by atomic mass is 9.87. The monoisotopic (exact) mass is 304 g/mol. The Morgan fingerprint density at radius 2 is 1.50 bits per heavy atom. The van der Waals surface area contributed by atoms with Crippen LogP contribution in [0, 0.1) is 0 Å². The molecule has 0 aromatic heterocycles. The van der Waals surface area contributed by atoms with Crippen LogP contribution in [0.25, 0.3) is 0 Å². The van der Waals surface area contributed by atoms with Crippen molar-refractivity contribution in [3.05, 3.63) is 29.8 Å². The van der Waals surface area contributed by atoms with Crippen LogP contribution in [0.4, 0.5) is 5.69 Å². The first kappa shape index (κ1) is 18.2. The molecule has 1 aromatic carbocycles. The van der Waals surface area contributed by atoms with Crippen molar-refractivity contribution < 1.29 is 9.59 Å².